The number of pyridine rings is 1. The fraction of sp³-hybridized carbons (Fsp3) is 0.0476. The minimum absolute atomic E-state index is 0.0688. The number of fused-ring (bicyclic) bond motifs is 1. The van der Waals surface area contributed by atoms with E-state index in [0.717, 1.165) is 16.6 Å². The largest absolute Gasteiger partial charge is 0.313 e. The lowest BCUT2D eigenvalue weighted by Crippen LogP contribution is -2.23. The summed E-state index contributed by atoms with van der Waals surface area (Å²) in [6.45, 7) is 0.0688. The van der Waals surface area contributed by atoms with Crippen molar-refractivity contribution in [3.63, 3.8) is 0 Å². The first kappa shape index (κ1) is 17.9. The summed E-state index contributed by atoms with van der Waals surface area (Å²) >= 11 is 5.95. The van der Waals surface area contributed by atoms with Gasteiger partial charge in [-0.2, -0.15) is 5.10 Å². The van der Waals surface area contributed by atoms with Gasteiger partial charge in [0, 0.05) is 11.2 Å². The Labute approximate surface area is 166 Å². The van der Waals surface area contributed by atoms with Gasteiger partial charge in [-0.1, -0.05) is 41.9 Å². The normalized spacial score (nSPS) is 11.2. The quantitative estimate of drug-likeness (QED) is 0.415. The number of para-hydroxylation sites is 2. The minimum atomic E-state index is -0.265. The number of hydrazone groups is 1. The van der Waals surface area contributed by atoms with Crippen LogP contribution in [0.15, 0.2) is 78.0 Å². The molecular weight excluding hydrogens is 374 g/mol. The van der Waals surface area contributed by atoms with E-state index >= 15 is 0 Å². The molecule has 28 heavy (non-hydrogen) atoms. The van der Waals surface area contributed by atoms with Gasteiger partial charge in [-0.25, -0.2) is 10.4 Å². The Kier molecular flexibility index (Phi) is 5.12. The summed E-state index contributed by atoms with van der Waals surface area (Å²) in [4.78, 5) is 21.5. The van der Waals surface area contributed by atoms with Crippen molar-refractivity contribution >= 4 is 34.8 Å². The summed E-state index contributed by atoms with van der Waals surface area (Å²) in [5.74, 6) is 0.370. The second kappa shape index (κ2) is 8.02. The van der Waals surface area contributed by atoms with Crippen LogP contribution in [0.5, 0.6) is 0 Å². The van der Waals surface area contributed by atoms with Crippen molar-refractivity contribution in [2.45, 2.75) is 6.54 Å². The molecule has 0 aliphatic rings. The lowest BCUT2D eigenvalue weighted by atomic mass is 10.2. The molecule has 0 fully saturated rings. The number of nitrogens with one attached hydrogen (secondary N) is 1. The van der Waals surface area contributed by atoms with E-state index in [1.807, 2.05) is 59.2 Å². The summed E-state index contributed by atoms with van der Waals surface area (Å²) < 4.78 is 1.84. The lowest BCUT2D eigenvalue weighted by molar-refractivity contribution is -0.121. The number of imidazole rings is 1. The van der Waals surface area contributed by atoms with Gasteiger partial charge >= 0.3 is 0 Å². The van der Waals surface area contributed by atoms with E-state index in [1.54, 1.807) is 24.5 Å². The van der Waals surface area contributed by atoms with Crippen molar-refractivity contribution in [1.82, 2.24) is 20.0 Å². The molecule has 0 spiro atoms. The third-order valence-electron chi connectivity index (χ3n) is 4.10. The third-order valence-corrected chi connectivity index (χ3v) is 4.34. The number of aromatic nitrogens is 3. The van der Waals surface area contributed by atoms with Crippen LogP contribution in [0.25, 0.3) is 22.6 Å². The topological polar surface area (TPSA) is 72.2 Å². The number of rotatable bonds is 5. The Morgan fingerprint density at radius 1 is 1.11 bits per heavy atom. The Morgan fingerprint density at radius 2 is 1.96 bits per heavy atom. The van der Waals surface area contributed by atoms with Crippen LogP contribution in [0.4, 0.5) is 0 Å². The molecule has 0 bridgehead atoms. The summed E-state index contributed by atoms with van der Waals surface area (Å²) in [7, 11) is 0. The number of carbonyl (C=O) groups excluding carboxylic acids is 1. The molecule has 4 rings (SSSR count). The van der Waals surface area contributed by atoms with Gasteiger partial charge in [0.1, 0.15) is 12.2 Å². The van der Waals surface area contributed by atoms with E-state index in [1.165, 1.54) is 0 Å². The van der Waals surface area contributed by atoms with Crippen LogP contribution >= 0.6 is 11.6 Å². The van der Waals surface area contributed by atoms with Crippen molar-refractivity contribution in [3.05, 3.63) is 83.5 Å². The molecule has 0 aliphatic heterocycles. The molecule has 2 aromatic heterocycles. The first-order valence-electron chi connectivity index (χ1n) is 8.65. The second-order valence-electron chi connectivity index (χ2n) is 6.07. The zero-order valence-corrected chi connectivity index (χ0v) is 15.5. The predicted molar refractivity (Wildman–Crippen MR) is 110 cm³/mol. The maximum absolute atomic E-state index is 12.5. The first-order valence-corrected chi connectivity index (χ1v) is 9.02. The highest BCUT2D eigenvalue weighted by Gasteiger charge is 2.15. The van der Waals surface area contributed by atoms with Crippen LogP contribution in [0.2, 0.25) is 5.02 Å². The maximum atomic E-state index is 12.5. The highest BCUT2D eigenvalue weighted by molar-refractivity contribution is 6.30. The van der Waals surface area contributed by atoms with Crippen LogP contribution in [0, 0.1) is 0 Å². The molecule has 1 amide bonds. The standard InChI is InChI=1S/C21H16ClN5O/c22-16-7-5-6-15(12-16)13-24-26-20(28)14-27-19-10-2-1-8-17(19)25-21(27)18-9-3-4-11-23-18/h1-13H,14H2,(H,26,28)/b24-13-. The SMILES string of the molecule is O=C(Cn1c(-c2ccccn2)nc2ccccc21)N/N=C\c1cccc(Cl)c1. The molecule has 0 aliphatic carbocycles. The highest BCUT2D eigenvalue weighted by atomic mass is 35.5. The summed E-state index contributed by atoms with van der Waals surface area (Å²) in [5.41, 5.74) is 5.72. The van der Waals surface area contributed by atoms with Crippen molar-refractivity contribution in [2.75, 3.05) is 0 Å². The van der Waals surface area contributed by atoms with Crippen molar-refractivity contribution in [1.29, 1.82) is 0 Å². The molecule has 2 aromatic carbocycles. The van der Waals surface area contributed by atoms with Crippen molar-refractivity contribution in [2.24, 2.45) is 5.10 Å². The number of halogens is 1. The average molecular weight is 390 g/mol. The number of hydrogen-bond donors (Lipinski definition) is 1. The smallest absolute Gasteiger partial charge is 0.260 e. The molecule has 0 atom stereocenters. The molecule has 1 N–H and O–H groups in total. The molecular formula is C21H16ClN5O. The van der Waals surface area contributed by atoms with Crippen molar-refractivity contribution in [3.8, 4) is 11.5 Å². The van der Waals surface area contributed by atoms with Gasteiger partial charge < -0.3 is 4.57 Å². The molecule has 6 nitrogen and oxygen atoms in total. The number of carbonyl (C=O) groups is 1. The predicted octanol–water partition coefficient (Wildman–Crippen LogP) is 3.90. The lowest BCUT2D eigenvalue weighted by Gasteiger charge is -2.07. The monoisotopic (exact) mass is 389 g/mol. The number of amides is 1. The van der Waals surface area contributed by atoms with E-state index in [4.69, 9.17) is 11.6 Å². The Hall–Kier alpha value is -3.51. The molecule has 2 heterocycles. The van der Waals surface area contributed by atoms with Gasteiger partial charge in [0.15, 0.2) is 5.82 Å². The van der Waals surface area contributed by atoms with Crippen LogP contribution < -0.4 is 5.43 Å². The number of hydrogen-bond acceptors (Lipinski definition) is 4. The summed E-state index contributed by atoms with van der Waals surface area (Å²) in [5, 5.41) is 4.62. The summed E-state index contributed by atoms with van der Waals surface area (Å²) in [6.07, 6.45) is 3.25. The van der Waals surface area contributed by atoms with Crippen LogP contribution in [-0.4, -0.2) is 26.7 Å². The Morgan fingerprint density at radius 3 is 2.79 bits per heavy atom. The number of nitrogens with zero attached hydrogens (tertiary/aromatic N) is 4. The maximum Gasteiger partial charge on any atom is 0.260 e. The molecule has 138 valence electrons. The van der Waals surface area contributed by atoms with E-state index < -0.39 is 0 Å². The van der Waals surface area contributed by atoms with Gasteiger partial charge in [-0.3, -0.25) is 9.78 Å². The van der Waals surface area contributed by atoms with Crippen LogP contribution in [0.3, 0.4) is 0 Å². The van der Waals surface area contributed by atoms with E-state index in [-0.39, 0.29) is 12.5 Å². The first-order chi connectivity index (χ1) is 13.7. The molecule has 7 heteroatoms. The van der Waals surface area contributed by atoms with Crippen molar-refractivity contribution < 1.29 is 4.79 Å². The minimum Gasteiger partial charge on any atom is -0.313 e. The zero-order valence-electron chi connectivity index (χ0n) is 14.8. The highest BCUT2D eigenvalue weighted by Crippen LogP contribution is 2.23. The van der Waals surface area contributed by atoms with Gasteiger partial charge in [0.05, 0.1) is 17.2 Å². The zero-order chi connectivity index (χ0) is 19.3. The van der Waals surface area contributed by atoms with Crippen LogP contribution in [0.1, 0.15) is 5.56 Å². The van der Waals surface area contributed by atoms with E-state index in [2.05, 4.69) is 20.5 Å². The molecule has 0 saturated heterocycles. The fourth-order valence-electron chi connectivity index (χ4n) is 2.87. The van der Waals surface area contributed by atoms with E-state index in [9.17, 15) is 4.79 Å². The second-order valence-corrected chi connectivity index (χ2v) is 6.51. The Balaban J connectivity index is 1.57. The fourth-order valence-corrected chi connectivity index (χ4v) is 3.07. The Bertz CT molecular complexity index is 1150. The van der Waals surface area contributed by atoms with Gasteiger partial charge in [-0.05, 0) is 42.0 Å². The van der Waals surface area contributed by atoms with Gasteiger partial charge in [0.2, 0.25) is 0 Å². The average Bonchev–Trinajstić information content (AvgIpc) is 3.07. The molecule has 0 unspecified atom stereocenters. The molecule has 4 aromatic rings. The third kappa shape index (κ3) is 3.92. The number of benzene rings is 2. The molecule has 0 saturated carbocycles. The summed E-state index contributed by atoms with van der Waals surface area (Å²) in [6, 6.07) is 20.5. The molecule has 0 radical (unpaired) electrons. The van der Waals surface area contributed by atoms with Crippen LogP contribution in [-0.2, 0) is 11.3 Å². The van der Waals surface area contributed by atoms with E-state index in [0.29, 0.717) is 16.5 Å². The van der Waals surface area contributed by atoms with Gasteiger partial charge in [0.25, 0.3) is 5.91 Å². The van der Waals surface area contributed by atoms with Gasteiger partial charge in [-0.15, -0.1) is 0 Å².